The lowest BCUT2D eigenvalue weighted by Crippen LogP contribution is -2.28. The third-order valence-electron chi connectivity index (χ3n) is 7.32. The number of hydrogen-bond donors (Lipinski definition) is 1. The summed E-state index contributed by atoms with van der Waals surface area (Å²) < 4.78 is 4.58. The number of carbonyl (C=O) groups is 2. The number of halogens is 1. The Morgan fingerprint density at radius 2 is 1.85 bits per heavy atom. The van der Waals surface area contributed by atoms with Gasteiger partial charge in [-0.2, -0.15) is 0 Å². The van der Waals surface area contributed by atoms with Crippen LogP contribution in [-0.2, 0) is 11.3 Å². The molecule has 3 aromatic carbocycles. The Labute approximate surface area is 246 Å². The quantitative estimate of drug-likeness (QED) is 0.253. The largest absolute Gasteiger partial charge is 0.344 e. The van der Waals surface area contributed by atoms with Crippen LogP contribution in [0.3, 0.4) is 0 Å². The molecule has 1 aliphatic rings. The number of nitrogens with zero attached hydrogens (tertiary/aromatic N) is 6. The molecule has 2 aromatic heterocycles. The van der Waals surface area contributed by atoms with Crippen molar-refractivity contribution in [3.05, 3.63) is 119 Å². The number of hydrogen-bond acceptors (Lipinski definition) is 5. The second kappa shape index (κ2) is 11.5. The molecule has 206 valence electrons. The van der Waals surface area contributed by atoms with E-state index >= 15 is 0 Å². The average molecular weight is 611 g/mol. The molecule has 0 radical (unpaired) electrons. The number of rotatable bonds is 8. The number of nitrogens with one attached hydrogen (secondary N) is 1. The zero-order valence-corrected chi connectivity index (χ0v) is 24.0. The molecule has 2 unspecified atom stereocenters. The van der Waals surface area contributed by atoms with Gasteiger partial charge in [0.1, 0.15) is 11.7 Å². The van der Waals surface area contributed by atoms with Gasteiger partial charge in [0.25, 0.3) is 11.8 Å². The summed E-state index contributed by atoms with van der Waals surface area (Å²) in [6.45, 7) is 3.20. The highest BCUT2D eigenvalue weighted by atomic mass is 79.9. The third kappa shape index (κ3) is 5.69. The number of anilines is 1. The second-order valence-electron chi connectivity index (χ2n) is 10.1. The van der Waals surface area contributed by atoms with Crippen LogP contribution in [0.5, 0.6) is 0 Å². The molecular formula is C31H28BrN7O2. The number of benzene rings is 3. The smallest absolute Gasteiger partial charge is 0.252 e. The minimum Gasteiger partial charge on any atom is -0.344 e. The Balaban J connectivity index is 1.13. The van der Waals surface area contributed by atoms with Gasteiger partial charge in [0.2, 0.25) is 0 Å². The number of carbonyl (C=O) groups excluding carboxylic acids is 2. The fraction of sp³-hybridized carbons (Fsp3) is 0.194. The summed E-state index contributed by atoms with van der Waals surface area (Å²) in [7, 11) is 0. The molecule has 1 aliphatic heterocycles. The molecule has 6 rings (SSSR count). The Hall–Kier alpha value is -4.57. The highest BCUT2D eigenvalue weighted by Crippen LogP contribution is 2.30. The van der Waals surface area contributed by atoms with Crippen molar-refractivity contribution in [2.75, 3.05) is 11.4 Å². The molecule has 10 heteroatoms. The fourth-order valence-corrected chi connectivity index (χ4v) is 5.36. The molecule has 0 aliphatic carbocycles. The highest BCUT2D eigenvalue weighted by molar-refractivity contribution is 9.10. The lowest BCUT2D eigenvalue weighted by molar-refractivity contribution is -0.120. The third-order valence-corrected chi connectivity index (χ3v) is 7.84. The van der Waals surface area contributed by atoms with Crippen LogP contribution in [0.2, 0.25) is 0 Å². The molecule has 1 N–H and O–H groups in total. The van der Waals surface area contributed by atoms with E-state index in [4.69, 9.17) is 0 Å². The van der Waals surface area contributed by atoms with Gasteiger partial charge in [-0.15, -0.1) is 5.10 Å². The summed E-state index contributed by atoms with van der Waals surface area (Å²) in [6.07, 6.45) is 7.86. The summed E-state index contributed by atoms with van der Waals surface area (Å²) in [4.78, 5) is 32.4. The topological polar surface area (TPSA) is 97.9 Å². The Kier molecular flexibility index (Phi) is 7.47. The van der Waals surface area contributed by atoms with E-state index in [1.807, 2.05) is 78.4 Å². The van der Waals surface area contributed by atoms with Gasteiger partial charge in [-0.05, 0) is 60.4 Å². The van der Waals surface area contributed by atoms with E-state index in [0.717, 1.165) is 33.4 Å². The maximum atomic E-state index is 13.4. The van der Waals surface area contributed by atoms with Crippen LogP contribution in [0.4, 0.5) is 5.69 Å². The zero-order valence-electron chi connectivity index (χ0n) is 22.4. The Morgan fingerprint density at radius 1 is 1.07 bits per heavy atom. The Morgan fingerprint density at radius 3 is 2.61 bits per heavy atom. The summed E-state index contributed by atoms with van der Waals surface area (Å²) >= 11 is 3.43. The normalized spacial score (nSPS) is 15.7. The summed E-state index contributed by atoms with van der Waals surface area (Å²) in [6, 6.07) is 22.6. The van der Waals surface area contributed by atoms with Crippen LogP contribution in [0.25, 0.3) is 11.1 Å². The van der Waals surface area contributed by atoms with Gasteiger partial charge in [-0.25, -0.2) is 9.67 Å². The van der Waals surface area contributed by atoms with Gasteiger partial charge < -0.3 is 14.8 Å². The molecule has 5 aromatic rings. The second-order valence-corrected chi connectivity index (χ2v) is 11.0. The molecule has 1 fully saturated rings. The van der Waals surface area contributed by atoms with Crippen LogP contribution < -0.4 is 10.2 Å². The van der Waals surface area contributed by atoms with Gasteiger partial charge in [0.05, 0.1) is 18.6 Å². The lowest BCUT2D eigenvalue weighted by Gasteiger charge is -2.17. The van der Waals surface area contributed by atoms with Crippen molar-refractivity contribution in [3.8, 4) is 11.1 Å². The molecule has 3 heterocycles. The van der Waals surface area contributed by atoms with Crippen molar-refractivity contribution in [1.82, 2.24) is 29.9 Å². The fourth-order valence-electron chi connectivity index (χ4n) is 5.09. The van der Waals surface area contributed by atoms with Crippen molar-refractivity contribution in [2.24, 2.45) is 0 Å². The first-order valence-corrected chi connectivity index (χ1v) is 14.2. The van der Waals surface area contributed by atoms with Gasteiger partial charge >= 0.3 is 0 Å². The SMILES string of the molecule is CC(NC(=O)c1ccccc1-c1ccc(Cn2ccnc2)cc1)c1cn(C2CCN(c3ccc(Br)cc3)C2=O)nn1. The molecule has 2 amide bonds. The van der Waals surface area contributed by atoms with Crippen LogP contribution in [0.1, 0.15) is 47.0 Å². The first-order valence-electron chi connectivity index (χ1n) is 13.4. The van der Waals surface area contributed by atoms with Crippen molar-refractivity contribution < 1.29 is 9.59 Å². The first kappa shape index (κ1) is 26.6. The van der Waals surface area contributed by atoms with Crippen molar-refractivity contribution in [2.45, 2.75) is 32.0 Å². The van der Waals surface area contributed by atoms with E-state index in [-0.39, 0.29) is 11.8 Å². The van der Waals surface area contributed by atoms with E-state index in [0.29, 0.717) is 24.2 Å². The molecule has 1 saturated heterocycles. The summed E-state index contributed by atoms with van der Waals surface area (Å²) in [5, 5.41) is 11.6. The van der Waals surface area contributed by atoms with Crippen molar-refractivity contribution >= 4 is 33.4 Å². The standard InChI is InChI=1S/C31H28BrN7O2/c1-21(28-19-39(36-35-28)29-14-16-38(31(29)41)25-12-10-24(32)11-13-25)34-30(40)27-5-3-2-4-26(27)23-8-6-22(7-9-23)18-37-17-15-33-20-37/h2-13,15,17,19-21,29H,14,16,18H2,1H3,(H,34,40). The summed E-state index contributed by atoms with van der Waals surface area (Å²) in [5.41, 5.74) is 4.97. The van der Waals surface area contributed by atoms with Gasteiger partial charge in [0.15, 0.2) is 0 Å². The number of imidazole rings is 1. The van der Waals surface area contributed by atoms with E-state index in [2.05, 4.69) is 48.7 Å². The van der Waals surface area contributed by atoms with Crippen LogP contribution in [-0.4, -0.2) is 42.9 Å². The number of aromatic nitrogens is 5. The molecule has 41 heavy (non-hydrogen) atoms. The number of amides is 2. The predicted molar refractivity (Wildman–Crippen MR) is 159 cm³/mol. The van der Waals surface area contributed by atoms with E-state index in [9.17, 15) is 9.59 Å². The molecular weight excluding hydrogens is 582 g/mol. The van der Waals surface area contributed by atoms with Crippen molar-refractivity contribution in [1.29, 1.82) is 0 Å². The van der Waals surface area contributed by atoms with Crippen LogP contribution >= 0.6 is 15.9 Å². The highest BCUT2D eigenvalue weighted by Gasteiger charge is 2.35. The average Bonchev–Trinajstić information content (AvgIpc) is 3.76. The van der Waals surface area contributed by atoms with Gasteiger partial charge in [0, 0.05) is 41.2 Å². The van der Waals surface area contributed by atoms with Crippen molar-refractivity contribution in [3.63, 3.8) is 0 Å². The summed E-state index contributed by atoms with van der Waals surface area (Å²) in [5.74, 6) is -0.228. The first-order chi connectivity index (χ1) is 20.0. The molecule has 0 bridgehead atoms. The maximum Gasteiger partial charge on any atom is 0.252 e. The van der Waals surface area contributed by atoms with Gasteiger partial charge in [-0.1, -0.05) is 63.6 Å². The van der Waals surface area contributed by atoms with E-state index in [1.54, 1.807) is 28.3 Å². The Bertz CT molecular complexity index is 1660. The zero-order chi connectivity index (χ0) is 28.3. The maximum absolute atomic E-state index is 13.4. The van der Waals surface area contributed by atoms with Crippen LogP contribution in [0.15, 0.2) is 102 Å². The molecule has 9 nitrogen and oxygen atoms in total. The van der Waals surface area contributed by atoms with Gasteiger partial charge in [-0.3, -0.25) is 9.59 Å². The molecule has 2 atom stereocenters. The van der Waals surface area contributed by atoms with E-state index < -0.39 is 12.1 Å². The monoisotopic (exact) mass is 609 g/mol. The lowest BCUT2D eigenvalue weighted by atomic mass is 9.98. The minimum atomic E-state index is -0.430. The minimum absolute atomic E-state index is 0.0227. The predicted octanol–water partition coefficient (Wildman–Crippen LogP) is 5.42. The molecule has 0 saturated carbocycles. The molecule has 0 spiro atoms. The van der Waals surface area contributed by atoms with E-state index in [1.165, 1.54) is 0 Å². The van der Waals surface area contributed by atoms with Crippen LogP contribution in [0, 0.1) is 0 Å².